The van der Waals surface area contributed by atoms with E-state index >= 15 is 0 Å². The number of halogens is 3. The summed E-state index contributed by atoms with van der Waals surface area (Å²) >= 11 is 0. The van der Waals surface area contributed by atoms with Crippen LogP contribution in [0.3, 0.4) is 0 Å². The highest BCUT2D eigenvalue weighted by atomic mass is 19.4. The molecule has 0 aromatic carbocycles. The Hall–Kier alpha value is -1.97. The molecule has 0 spiro atoms. The molecule has 0 aliphatic heterocycles. The molecule has 3 aliphatic carbocycles. The van der Waals surface area contributed by atoms with E-state index in [0.29, 0.717) is 5.69 Å². The monoisotopic (exact) mass is 390 g/mol. The summed E-state index contributed by atoms with van der Waals surface area (Å²) in [6, 6.07) is -0.516. The number of hydrogen-bond acceptors (Lipinski definition) is 5. The van der Waals surface area contributed by atoms with E-state index in [2.05, 4.69) is 20.5 Å². The lowest BCUT2D eigenvalue weighted by Gasteiger charge is -2.69. The molecule has 0 unspecified atom stereocenters. The molecule has 1 aromatic heterocycles. The number of alkyl carbamates (subject to hydrolysis) is 1. The van der Waals surface area contributed by atoms with Crippen LogP contribution in [-0.2, 0) is 15.0 Å². The third-order valence-electron chi connectivity index (χ3n) is 4.75. The highest BCUT2D eigenvalue weighted by Gasteiger charge is 2.70. The zero-order valence-electron chi connectivity index (χ0n) is 15.8. The van der Waals surface area contributed by atoms with Crippen LogP contribution in [0.1, 0.15) is 47.0 Å². The minimum absolute atomic E-state index is 0.138. The molecule has 1 aromatic rings. The second-order valence-corrected chi connectivity index (χ2v) is 8.64. The molecule has 7 nitrogen and oxygen atoms in total. The molecule has 3 fully saturated rings. The van der Waals surface area contributed by atoms with Crippen molar-refractivity contribution in [3.05, 3.63) is 12.4 Å². The Morgan fingerprint density at radius 1 is 1.33 bits per heavy atom. The molecule has 1 heterocycles. The van der Waals surface area contributed by atoms with Gasteiger partial charge >= 0.3 is 12.5 Å². The molecule has 10 heteroatoms. The van der Waals surface area contributed by atoms with Gasteiger partial charge in [0, 0.05) is 12.2 Å². The summed E-state index contributed by atoms with van der Waals surface area (Å²) in [4.78, 5) is 11.9. The SMILES string of the molecule is C[C@@H](COC(F)(F)F)Nc1cnn(C23CC(NC(=O)OC(C)(C)C)(C2)C3)c1. The van der Waals surface area contributed by atoms with Gasteiger partial charge in [0.2, 0.25) is 0 Å². The fraction of sp³-hybridized carbons (Fsp3) is 0.765. The summed E-state index contributed by atoms with van der Waals surface area (Å²) in [6.07, 6.45) is 0.575. The van der Waals surface area contributed by atoms with E-state index in [9.17, 15) is 18.0 Å². The van der Waals surface area contributed by atoms with Gasteiger partial charge < -0.3 is 15.4 Å². The summed E-state index contributed by atoms with van der Waals surface area (Å²) < 4.78 is 47.2. The first-order chi connectivity index (χ1) is 12.3. The van der Waals surface area contributed by atoms with Crippen molar-refractivity contribution >= 4 is 11.8 Å². The van der Waals surface area contributed by atoms with Crippen molar-refractivity contribution in [1.82, 2.24) is 15.1 Å². The van der Waals surface area contributed by atoms with E-state index < -0.39 is 30.7 Å². The Labute approximate surface area is 155 Å². The molecule has 0 saturated heterocycles. The van der Waals surface area contributed by atoms with E-state index in [0.717, 1.165) is 19.3 Å². The van der Waals surface area contributed by atoms with Crippen LogP contribution in [0, 0.1) is 0 Å². The van der Waals surface area contributed by atoms with Gasteiger partial charge in [-0.05, 0) is 47.0 Å². The van der Waals surface area contributed by atoms with Gasteiger partial charge in [0.05, 0.1) is 29.6 Å². The molecule has 3 saturated carbocycles. The Morgan fingerprint density at radius 2 is 1.96 bits per heavy atom. The summed E-state index contributed by atoms with van der Waals surface area (Å²) in [7, 11) is 0. The molecule has 1 atom stereocenters. The smallest absolute Gasteiger partial charge is 0.444 e. The van der Waals surface area contributed by atoms with Crippen LogP contribution in [-0.4, -0.2) is 46.0 Å². The molecule has 3 aliphatic rings. The van der Waals surface area contributed by atoms with E-state index in [1.54, 1.807) is 19.3 Å². The highest BCUT2D eigenvalue weighted by Crippen LogP contribution is 2.65. The van der Waals surface area contributed by atoms with Crippen molar-refractivity contribution in [1.29, 1.82) is 0 Å². The number of amides is 1. The molecule has 1 amide bonds. The number of carbonyl (C=O) groups excluding carboxylic acids is 1. The minimum atomic E-state index is -4.64. The van der Waals surface area contributed by atoms with Crippen LogP contribution in [0.5, 0.6) is 0 Å². The van der Waals surface area contributed by atoms with Crippen LogP contribution < -0.4 is 10.6 Å². The van der Waals surface area contributed by atoms with E-state index in [4.69, 9.17) is 4.74 Å². The maximum absolute atomic E-state index is 12.1. The van der Waals surface area contributed by atoms with Crippen molar-refractivity contribution in [2.24, 2.45) is 0 Å². The van der Waals surface area contributed by atoms with Gasteiger partial charge in [0.1, 0.15) is 5.60 Å². The molecule has 27 heavy (non-hydrogen) atoms. The number of nitrogens with zero attached hydrogens (tertiary/aromatic N) is 2. The standard InChI is InChI=1S/C17H25F3N4O3/c1-11(7-26-17(18,19)20)22-12-5-21-24(6-12)16-8-15(9-16,10-16)23-13(25)27-14(2,3)4/h5-6,11,22H,7-10H2,1-4H3,(H,23,25)/t11-,15?,16?/m0/s1. The third-order valence-corrected chi connectivity index (χ3v) is 4.75. The quantitative estimate of drug-likeness (QED) is 0.779. The van der Waals surface area contributed by atoms with Crippen LogP contribution in [0.2, 0.25) is 0 Å². The zero-order valence-corrected chi connectivity index (χ0v) is 15.8. The molecule has 4 rings (SSSR count). The van der Waals surface area contributed by atoms with Crippen LogP contribution >= 0.6 is 0 Å². The topological polar surface area (TPSA) is 77.4 Å². The highest BCUT2D eigenvalue weighted by molar-refractivity contribution is 5.70. The Morgan fingerprint density at radius 3 is 2.52 bits per heavy atom. The molecular weight excluding hydrogens is 365 g/mol. The predicted octanol–water partition coefficient (Wildman–Crippen LogP) is 3.38. The number of nitrogens with one attached hydrogen (secondary N) is 2. The Balaban J connectivity index is 1.48. The van der Waals surface area contributed by atoms with Gasteiger partial charge in [-0.2, -0.15) is 5.10 Å². The maximum Gasteiger partial charge on any atom is 0.522 e. The van der Waals surface area contributed by atoms with Crippen molar-refractivity contribution in [3.8, 4) is 0 Å². The first kappa shape index (κ1) is 19.8. The molecular formula is C17H25F3N4O3. The van der Waals surface area contributed by atoms with Crippen molar-refractivity contribution in [2.45, 2.75) is 76.0 Å². The lowest BCUT2D eigenvalue weighted by molar-refractivity contribution is -0.325. The third kappa shape index (κ3) is 4.48. The molecule has 152 valence electrons. The van der Waals surface area contributed by atoms with Gasteiger partial charge in [-0.3, -0.25) is 9.42 Å². The van der Waals surface area contributed by atoms with Crippen LogP contribution in [0.4, 0.5) is 23.7 Å². The largest absolute Gasteiger partial charge is 0.522 e. The number of alkyl halides is 3. The van der Waals surface area contributed by atoms with Gasteiger partial charge in [0.25, 0.3) is 0 Å². The number of ether oxygens (including phenoxy) is 2. The Kier molecular flexibility index (Phi) is 4.61. The lowest BCUT2D eigenvalue weighted by Crippen LogP contribution is -2.79. The van der Waals surface area contributed by atoms with Gasteiger partial charge in [-0.15, -0.1) is 13.2 Å². The van der Waals surface area contributed by atoms with Crippen LogP contribution in [0.25, 0.3) is 0 Å². The number of hydrogen-bond donors (Lipinski definition) is 2. The van der Waals surface area contributed by atoms with E-state index in [1.165, 1.54) is 0 Å². The second-order valence-electron chi connectivity index (χ2n) is 8.64. The molecule has 2 bridgehead atoms. The average Bonchev–Trinajstić information content (AvgIpc) is 2.84. The number of rotatable bonds is 6. The fourth-order valence-electron chi connectivity index (χ4n) is 3.83. The first-order valence-corrected chi connectivity index (χ1v) is 8.84. The second kappa shape index (κ2) is 6.29. The fourth-order valence-corrected chi connectivity index (χ4v) is 3.83. The van der Waals surface area contributed by atoms with Gasteiger partial charge in [-0.25, -0.2) is 4.79 Å². The minimum Gasteiger partial charge on any atom is -0.444 e. The Bertz CT molecular complexity index is 691. The summed E-state index contributed by atoms with van der Waals surface area (Å²) in [5, 5.41) is 10.2. The maximum atomic E-state index is 12.1. The van der Waals surface area contributed by atoms with E-state index in [-0.39, 0.29) is 11.1 Å². The summed E-state index contributed by atoms with van der Waals surface area (Å²) in [5.74, 6) is 0. The number of anilines is 1. The van der Waals surface area contributed by atoms with Crippen LogP contribution in [0.15, 0.2) is 12.4 Å². The molecule has 2 N–H and O–H groups in total. The number of carbonyl (C=O) groups is 1. The van der Waals surface area contributed by atoms with Crippen molar-refractivity contribution < 1.29 is 27.4 Å². The lowest BCUT2D eigenvalue weighted by atomic mass is 9.44. The normalized spacial score (nSPS) is 28.0. The summed E-state index contributed by atoms with van der Waals surface area (Å²) in [6.45, 7) is 6.56. The predicted molar refractivity (Wildman–Crippen MR) is 91.2 cm³/mol. The first-order valence-electron chi connectivity index (χ1n) is 8.84. The summed E-state index contributed by atoms with van der Waals surface area (Å²) in [5.41, 5.74) is -0.288. The van der Waals surface area contributed by atoms with Crippen molar-refractivity contribution in [3.63, 3.8) is 0 Å². The number of aromatic nitrogens is 2. The zero-order chi connectivity index (χ0) is 20.1. The van der Waals surface area contributed by atoms with E-state index in [1.807, 2.05) is 25.5 Å². The average molecular weight is 390 g/mol. The van der Waals surface area contributed by atoms with Crippen molar-refractivity contribution in [2.75, 3.05) is 11.9 Å². The van der Waals surface area contributed by atoms with Gasteiger partial charge in [-0.1, -0.05) is 0 Å². The van der Waals surface area contributed by atoms with Gasteiger partial charge in [0.15, 0.2) is 0 Å². The molecule has 0 radical (unpaired) electrons.